The number of hydrogen-bond donors (Lipinski definition) is 1. The molecule has 0 radical (unpaired) electrons. The minimum Gasteiger partial charge on any atom is -0.384 e. The molecular formula is C10H14F3N3. The second-order valence-electron chi connectivity index (χ2n) is 3.47. The minimum absolute atomic E-state index is 0.154. The first-order chi connectivity index (χ1) is 7.40. The Hall–Kier alpha value is -1.30. The van der Waals surface area contributed by atoms with Crippen molar-refractivity contribution >= 4 is 5.82 Å². The summed E-state index contributed by atoms with van der Waals surface area (Å²) in [5.74, 6) is 0.320. The summed E-state index contributed by atoms with van der Waals surface area (Å²) in [4.78, 5) is 5.23. The highest BCUT2D eigenvalue weighted by Gasteiger charge is 2.30. The first-order valence-corrected chi connectivity index (χ1v) is 4.91. The zero-order valence-corrected chi connectivity index (χ0v) is 8.96. The van der Waals surface area contributed by atoms with Crippen molar-refractivity contribution in [3.05, 3.63) is 23.9 Å². The van der Waals surface area contributed by atoms with Gasteiger partial charge in [0.15, 0.2) is 0 Å². The van der Waals surface area contributed by atoms with Crippen LogP contribution in [0.1, 0.15) is 12.6 Å². The third kappa shape index (κ3) is 4.48. The topological polar surface area (TPSA) is 42.1 Å². The van der Waals surface area contributed by atoms with E-state index in [-0.39, 0.29) is 6.54 Å². The molecule has 1 aromatic rings. The Bertz CT molecular complexity index is 338. The van der Waals surface area contributed by atoms with Gasteiger partial charge in [-0.3, -0.25) is 4.90 Å². The Morgan fingerprint density at radius 3 is 2.56 bits per heavy atom. The summed E-state index contributed by atoms with van der Waals surface area (Å²) in [6, 6.07) is 4.94. The fraction of sp³-hybridized carbons (Fsp3) is 0.500. The van der Waals surface area contributed by atoms with Gasteiger partial charge in [-0.2, -0.15) is 13.2 Å². The molecule has 1 heterocycles. The normalized spacial score (nSPS) is 12.1. The quantitative estimate of drug-likeness (QED) is 0.865. The molecule has 0 amide bonds. The summed E-state index contributed by atoms with van der Waals surface area (Å²) in [7, 11) is 0. The van der Waals surface area contributed by atoms with Gasteiger partial charge in [0.2, 0.25) is 0 Å². The molecule has 0 aromatic carbocycles. The smallest absolute Gasteiger partial charge is 0.384 e. The van der Waals surface area contributed by atoms with Crippen LogP contribution in [0.5, 0.6) is 0 Å². The van der Waals surface area contributed by atoms with Crippen LogP contribution in [-0.4, -0.2) is 29.1 Å². The zero-order valence-electron chi connectivity index (χ0n) is 8.96. The second-order valence-corrected chi connectivity index (χ2v) is 3.47. The molecule has 16 heavy (non-hydrogen) atoms. The molecule has 90 valence electrons. The van der Waals surface area contributed by atoms with Crippen molar-refractivity contribution in [2.45, 2.75) is 19.6 Å². The Kier molecular flexibility index (Phi) is 4.12. The molecule has 1 rings (SSSR count). The van der Waals surface area contributed by atoms with Gasteiger partial charge < -0.3 is 5.73 Å². The van der Waals surface area contributed by atoms with Crippen molar-refractivity contribution in [2.75, 3.05) is 18.8 Å². The molecule has 6 heteroatoms. The molecule has 0 bridgehead atoms. The van der Waals surface area contributed by atoms with Gasteiger partial charge in [0.05, 0.1) is 12.2 Å². The second kappa shape index (κ2) is 5.16. The van der Waals surface area contributed by atoms with Gasteiger partial charge in [0.25, 0.3) is 0 Å². The molecule has 2 N–H and O–H groups in total. The SMILES string of the molecule is CCN(Cc1cccc(N)n1)CC(F)(F)F. The van der Waals surface area contributed by atoms with Crippen LogP contribution in [0.4, 0.5) is 19.0 Å². The number of halogens is 3. The van der Waals surface area contributed by atoms with E-state index in [9.17, 15) is 13.2 Å². The number of nitrogens with two attached hydrogens (primary N) is 1. The highest BCUT2D eigenvalue weighted by atomic mass is 19.4. The molecule has 0 atom stereocenters. The van der Waals surface area contributed by atoms with Crippen LogP contribution >= 0.6 is 0 Å². The predicted molar refractivity (Wildman–Crippen MR) is 55.7 cm³/mol. The number of hydrogen-bond acceptors (Lipinski definition) is 3. The Balaban J connectivity index is 2.63. The van der Waals surface area contributed by atoms with Gasteiger partial charge >= 0.3 is 6.18 Å². The third-order valence-electron chi connectivity index (χ3n) is 2.06. The summed E-state index contributed by atoms with van der Waals surface area (Å²) < 4.78 is 36.6. The highest BCUT2D eigenvalue weighted by molar-refractivity contribution is 5.28. The number of rotatable bonds is 4. The van der Waals surface area contributed by atoms with Gasteiger partial charge in [-0.05, 0) is 18.7 Å². The summed E-state index contributed by atoms with van der Waals surface area (Å²) in [6.45, 7) is 1.22. The Morgan fingerprint density at radius 1 is 1.38 bits per heavy atom. The molecule has 0 aliphatic heterocycles. The fourth-order valence-corrected chi connectivity index (χ4v) is 1.35. The van der Waals surface area contributed by atoms with Crippen molar-refractivity contribution in [1.82, 2.24) is 9.88 Å². The molecule has 0 fully saturated rings. The van der Waals surface area contributed by atoms with Crippen molar-refractivity contribution < 1.29 is 13.2 Å². The van der Waals surface area contributed by atoms with Crippen molar-refractivity contribution in [3.63, 3.8) is 0 Å². The zero-order chi connectivity index (χ0) is 12.2. The summed E-state index contributed by atoms with van der Waals surface area (Å²) in [5.41, 5.74) is 6.00. The number of alkyl halides is 3. The van der Waals surface area contributed by atoms with Crippen molar-refractivity contribution in [3.8, 4) is 0 Å². The largest absolute Gasteiger partial charge is 0.401 e. The van der Waals surface area contributed by atoms with Crippen molar-refractivity contribution in [1.29, 1.82) is 0 Å². The van der Waals surface area contributed by atoms with Gasteiger partial charge in [-0.1, -0.05) is 13.0 Å². The van der Waals surface area contributed by atoms with Gasteiger partial charge in [-0.15, -0.1) is 0 Å². The van der Waals surface area contributed by atoms with Crippen LogP contribution in [0.3, 0.4) is 0 Å². The molecule has 0 unspecified atom stereocenters. The molecule has 0 aliphatic rings. The molecule has 0 aliphatic carbocycles. The van der Waals surface area contributed by atoms with Crippen LogP contribution in [0.2, 0.25) is 0 Å². The summed E-state index contributed by atoms with van der Waals surface area (Å²) >= 11 is 0. The summed E-state index contributed by atoms with van der Waals surface area (Å²) in [5, 5.41) is 0. The Labute approximate surface area is 92.1 Å². The molecule has 0 saturated carbocycles. The third-order valence-corrected chi connectivity index (χ3v) is 2.06. The van der Waals surface area contributed by atoms with E-state index in [4.69, 9.17) is 5.73 Å². The number of nitrogen functional groups attached to an aromatic ring is 1. The van der Waals surface area contributed by atoms with E-state index in [1.54, 1.807) is 25.1 Å². The first-order valence-electron chi connectivity index (χ1n) is 4.91. The minimum atomic E-state index is -4.18. The van der Waals surface area contributed by atoms with E-state index in [0.29, 0.717) is 18.1 Å². The van der Waals surface area contributed by atoms with E-state index in [0.717, 1.165) is 0 Å². The van der Waals surface area contributed by atoms with E-state index >= 15 is 0 Å². The predicted octanol–water partition coefficient (Wildman–Crippen LogP) is 2.05. The lowest BCUT2D eigenvalue weighted by molar-refractivity contribution is -0.146. The molecule has 0 saturated heterocycles. The molecule has 0 spiro atoms. The van der Waals surface area contributed by atoms with Crippen LogP contribution in [-0.2, 0) is 6.54 Å². The fourth-order valence-electron chi connectivity index (χ4n) is 1.35. The van der Waals surface area contributed by atoms with Gasteiger partial charge in [0, 0.05) is 6.54 Å². The maximum absolute atomic E-state index is 12.2. The summed E-state index contributed by atoms with van der Waals surface area (Å²) in [6.07, 6.45) is -4.18. The van der Waals surface area contributed by atoms with Crippen LogP contribution < -0.4 is 5.73 Å². The number of nitrogens with zero attached hydrogens (tertiary/aromatic N) is 2. The monoisotopic (exact) mass is 233 g/mol. The van der Waals surface area contributed by atoms with Crippen molar-refractivity contribution in [2.24, 2.45) is 0 Å². The first kappa shape index (κ1) is 12.8. The van der Waals surface area contributed by atoms with Gasteiger partial charge in [0.1, 0.15) is 5.82 Å². The lowest BCUT2D eigenvalue weighted by Crippen LogP contribution is -2.33. The van der Waals surface area contributed by atoms with Crippen LogP contribution in [0, 0.1) is 0 Å². The highest BCUT2D eigenvalue weighted by Crippen LogP contribution is 2.17. The van der Waals surface area contributed by atoms with E-state index in [2.05, 4.69) is 4.98 Å². The lowest BCUT2D eigenvalue weighted by Gasteiger charge is -2.21. The van der Waals surface area contributed by atoms with Crippen LogP contribution in [0.15, 0.2) is 18.2 Å². The molecule has 3 nitrogen and oxygen atoms in total. The lowest BCUT2D eigenvalue weighted by atomic mass is 10.3. The van der Waals surface area contributed by atoms with Gasteiger partial charge in [-0.25, -0.2) is 4.98 Å². The number of anilines is 1. The number of pyridine rings is 1. The average Bonchev–Trinajstić information content (AvgIpc) is 2.14. The number of aromatic nitrogens is 1. The van der Waals surface area contributed by atoms with E-state index < -0.39 is 12.7 Å². The maximum atomic E-state index is 12.2. The average molecular weight is 233 g/mol. The molecular weight excluding hydrogens is 219 g/mol. The van der Waals surface area contributed by atoms with Crippen LogP contribution in [0.25, 0.3) is 0 Å². The van der Waals surface area contributed by atoms with E-state index in [1.807, 2.05) is 0 Å². The Morgan fingerprint density at radius 2 is 2.06 bits per heavy atom. The maximum Gasteiger partial charge on any atom is 0.401 e. The van der Waals surface area contributed by atoms with E-state index in [1.165, 1.54) is 4.90 Å². The molecule has 1 aromatic heterocycles. The standard InChI is InChI=1S/C10H14F3N3/c1-2-16(7-10(11,12)13)6-8-4-3-5-9(14)15-8/h3-5H,2,6-7H2,1H3,(H2,14,15).